The van der Waals surface area contributed by atoms with Crippen molar-refractivity contribution in [2.24, 2.45) is 0 Å². The molecule has 0 spiro atoms. The Morgan fingerprint density at radius 2 is 2.15 bits per heavy atom. The fourth-order valence-electron chi connectivity index (χ4n) is 2.49. The molecular weight excluding hydrogens is 252 g/mol. The van der Waals surface area contributed by atoms with Gasteiger partial charge in [-0.1, -0.05) is 19.1 Å². The van der Waals surface area contributed by atoms with Gasteiger partial charge >= 0.3 is 0 Å². The Morgan fingerprint density at radius 1 is 1.40 bits per heavy atom. The van der Waals surface area contributed by atoms with E-state index in [1.165, 1.54) is 6.42 Å². The first-order chi connectivity index (χ1) is 9.65. The van der Waals surface area contributed by atoms with Crippen LogP contribution in [-0.4, -0.2) is 25.2 Å². The van der Waals surface area contributed by atoms with Gasteiger partial charge < -0.3 is 15.8 Å². The molecule has 4 nitrogen and oxygen atoms in total. The van der Waals surface area contributed by atoms with Crippen molar-refractivity contribution in [1.82, 2.24) is 5.32 Å². The summed E-state index contributed by atoms with van der Waals surface area (Å²) >= 11 is 0. The van der Waals surface area contributed by atoms with Gasteiger partial charge in [-0.25, -0.2) is 0 Å². The van der Waals surface area contributed by atoms with E-state index in [2.05, 4.69) is 12.2 Å². The molecule has 4 heteroatoms. The Kier molecular flexibility index (Phi) is 5.41. The molecule has 3 N–H and O–H groups in total. The number of hydrogen-bond acceptors (Lipinski definition) is 3. The highest BCUT2D eigenvalue weighted by atomic mass is 16.5. The number of benzene rings is 1. The van der Waals surface area contributed by atoms with Crippen LogP contribution in [0.3, 0.4) is 0 Å². The first kappa shape index (κ1) is 14.9. The van der Waals surface area contributed by atoms with Crippen LogP contribution >= 0.6 is 0 Å². The van der Waals surface area contributed by atoms with E-state index in [4.69, 9.17) is 10.5 Å². The van der Waals surface area contributed by atoms with Gasteiger partial charge in [-0.15, -0.1) is 0 Å². The second-order valence-corrected chi connectivity index (χ2v) is 5.56. The molecule has 0 bridgehead atoms. The van der Waals surface area contributed by atoms with Crippen LogP contribution in [0, 0.1) is 0 Å². The fourth-order valence-corrected chi connectivity index (χ4v) is 2.49. The Hall–Kier alpha value is -1.55. The zero-order valence-electron chi connectivity index (χ0n) is 12.1. The molecular formula is C16H24N2O2. The van der Waals surface area contributed by atoms with Gasteiger partial charge in [0, 0.05) is 25.3 Å². The van der Waals surface area contributed by atoms with Crippen molar-refractivity contribution in [2.45, 2.75) is 44.6 Å². The van der Waals surface area contributed by atoms with Crippen LogP contribution in [0.2, 0.25) is 0 Å². The third kappa shape index (κ3) is 4.53. The van der Waals surface area contributed by atoms with E-state index in [0.29, 0.717) is 13.0 Å². The molecule has 0 aliphatic carbocycles. The molecule has 1 aliphatic rings. The summed E-state index contributed by atoms with van der Waals surface area (Å²) in [5.41, 5.74) is 7.56. The molecule has 2 unspecified atom stereocenters. The summed E-state index contributed by atoms with van der Waals surface area (Å²) in [5, 5.41) is 2.98. The maximum Gasteiger partial charge on any atom is 0.220 e. The molecule has 2 rings (SSSR count). The van der Waals surface area contributed by atoms with Crippen molar-refractivity contribution in [3.05, 3.63) is 29.8 Å². The van der Waals surface area contributed by atoms with Crippen molar-refractivity contribution in [2.75, 3.05) is 18.9 Å². The fraction of sp³-hybridized carbons (Fsp3) is 0.562. The maximum absolute atomic E-state index is 11.9. The molecule has 1 aliphatic heterocycles. The number of rotatable bonds is 5. The average molecular weight is 276 g/mol. The lowest BCUT2D eigenvalue weighted by atomic mass is 9.97. The average Bonchev–Trinajstić information content (AvgIpc) is 2.47. The number of anilines is 1. The van der Waals surface area contributed by atoms with Gasteiger partial charge in [0.05, 0.1) is 6.10 Å². The van der Waals surface area contributed by atoms with E-state index in [0.717, 1.165) is 30.7 Å². The molecule has 0 aromatic heterocycles. The number of nitrogens with two attached hydrogens (primary N) is 1. The monoisotopic (exact) mass is 276 g/mol. The van der Waals surface area contributed by atoms with Crippen LogP contribution in [0.25, 0.3) is 0 Å². The van der Waals surface area contributed by atoms with Crippen LogP contribution in [0.5, 0.6) is 0 Å². The SMILES string of the molecule is CC(CC(=O)NCC1CCCCO1)c1ccc(N)cc1. The largest absolute Gasteiger partial charge is 0.399 e. The number of ether oxygens (including phenoxy) is 1. The summed E-state index contributed by atoms with van der Waals surface area (Å²) in [6.45, 7) is 3.51. The number of nitrogens with one attached hydrogen (secondary N) is 1. The molecule has 1 amide bonds. The van der Waals surface area contributed by atoms with Crippen LogP contribution in [-0.2, 0) is 9.53 Å². The number of nitrogen functional groups attached to an aromatic ring is 1. The maximum atomic E-state index is 11.9. The number of carbonyl (C=O) groups is 1. The minimum atomic E-state index is 0.0866. The van der Waals surface area contributed by atoms with E-state index in [9.17, 15) is 4.79 Å². The second-order valence-electron chi connectivity index (χ2n) is 5.56. The Labute approximate surface area is 120 Å². The third-order valence-electron chi connectivity index (χ3n) is 3.80. The predicted octanol–water partition coefficient (Wildman–Crippen LogP) is 2.45. The summed E-state index contributed by atoms with van der Waals surface area (Å²) in [6.07, 6.45) is 4.07. The van der Waals surface area contributed by atoms with Gasteiger partial charge in [-0.05, 0) is 42.9 Å². The van der Waals surface area contributed by atoms with Crippen LogP contribution in [0.15, 0.2) is 24.3 Å². The van der Waals surface area contributed by atoms with Gasteiger partial charge in [-0.3, -0.25) is 4.79 Å². The van der Waals surface area contributed by atoms with E-state index in [1.54, 1.807) is 0 Å². The van der Waals surface area contributed by atoms with Gasteiger partial charge in [-0.2, -0.15) is 0 Å². The molecule has 1 fully saturated rings. The van der Waals surface area contributed by atoms with E-state index in [-0.39, 0.29) is 17.9 Å². The van der Waals surface area contributed by atoms with Crippen molar-refractivity contribution in [1.29, 1.82) is 0 Å². The van der Waals surface area contributed by atoms with Crippen LogP contribution in [0.4, 0.5) is 5.69 Å². The molecule has 2 atom stereocenters. The van der Waals surface area contributed by atoms with Gasteiger partial charge in [0.25, 0.3) is 0 Å². The first-order valence-electron chi connectivity index (χ1n) is 7.39. The van der Waals surface area contributed by atoms with Gasteiger partial charge in [0.1, 0.15) is 0 Å². The van der Waals surface area contributed by atoms with Crippen molar-refractivity contribution in [3.63, 3.8) is 0 Å². The van der Waals surface area contributed by atoms with Crippen molar-refractivity contribution < 1.29 is 9.53 Å². The topological polar surface area (TPSA) is 64.3 Å². The molecule has 1 saturated heterocycles. The Bertz CT molecular complexity index is 425. The zero-order chi connectivity index (χ0) is 14.4. The number of hydrogen-bond donors (Lipinski definition) is 2. The Balaban J connectivity index is 1.74. The lowest BCUT2D eigenvalue weighted by Crippen LogP contribution is -2.35. The predicted molar refractivity (Wildman–Crippen MR) is 80.5 cm³/mol. The highest BCUT2D eigenvalue weighted by Crippen LogP contribution is 2.20. The van der Waals surface area contributed by atoms with Gasteiger partial charge in [0.15, 0.2) is 0 Å². The Morgan fingerprint density at radius 3 is 2.80 bits per heavy atom. The third-order valence-corrected chi connectivity index (χ3v) is 3.80. The van der Waals surface area contributed by atoms with Gasteiger partial charge in [0.2, 0.25) is 5.91 Å². The minimum absolute atomic E-state index is 0.0866. The highest BCUT2D eigenvalue weighted by Gasteiger charge is 2.16. The molecule has 110 valence electrons. The quantitative estimate of drug-likeness (QED) is 0.812. The smallest absolute Gasteiger partial charge is 0.220 e. The summed E-state index contributed by atoms with van der Waals surface area (Å²) in [4.78, 5) is 11.9. The molecule has 1 heterocycles. The first-order valence-corrected chi connectivity index (χ1v) is 7.39. The van der Waals surface area contributed by atoms with Crippen molar-refractivity contribution in [3.8, 4) is 0 Å². The van der Waals surface area contributed by atoms with E-state index < -0.39 is 0 Å². The summed E-state index contributed by atoms with van der Waals surface area (Å²) in [7, 11) is 0. The highest BCUT2D eigenvalue weighted by molar-refractivity contribution is 5.76. The molecule has 1 aromatic carbocycles. The summed E-state index contributed by atoms with van der Waals surface area (Å²) in [5.74, 6) is 0.284. The van der Waals surface area contributed by atoms with E-state index in [1.807, 2.05) is 24.3 Å². The normalized spacial score (nSPS) is 20.4. The van der Waals surface area contributed by atoms with Crippen molar-refractivity contribution >= 4 is 11.6 Å². The van der Waals surface area contributed by atoms with E-state index >= 15 is 0 Å². The lowest BCUT2D eigenvalue weighted by molar-refractivity contribution is -0.122. The zero-order valence-corrected chi connectivity index (χ0v) is 12.1. The van der Waals surface area contributed by atoms with Crippen LogP contribution in [0.1, 0.15) is 44.1 Å². The molecule has 0 saturated carbocycles. The molecule has 1 aromatic rings. The lowest BCUT2D eigenvalue weighted by Gasteiger charge is -2.23. The standard InChI is InChI=1S/C16H24N2O2/c1-12(13-5-7-14(17)8-6-13)10-16(19)18-11-15-4-2-3-9-20-15/h5-8,12,15H,2-4,9-11,17H2,1H3,(H,18,19). The number of carbonyl (C=O) groups excluding carboxylic acids is 1. The second kappa shape index (κ2) is 7.29. The molecule has 0 radical (unpaired) electrons. The summed E-state index contributed by atoms with van der Waals surface area (Å²) in [6, 6.07) is 7.72. The minimum Gasteiger partial charge on any atom is -0.399 e. The molecule has 20 heavy (non-hydrogen) atoms. The summed E-state index contributed by atoms with van der Waals surface area (Å²) < 4.78 is 5.60. The number of amides is 1. The van der Waals surface area contributed by atoms with Crippen LogP contribution < -0.4 is 11.1 Å².